The molecule has 3 unspecified atom stereocenters. The molecule has 2 aliphatic rings. The van der Waals surface area contributed by atoms with Crippen molar-refractivity contribution in [2.45, 2.75) is 30.3 Å². The first-order chi connectivity index (χ1) is 14.7. The van der Waals surface area contributed by atoms with E-state index in [1.54, 1.807) is 26.0 Å². The van der Waals surface area contributed by atoms with Crippen LogP contribution in [-0.4, -0.2) is 49.7 Å². The average Bonchev–Trinajstić information content (AvgIpc) is 2.78. The third-order valence-electron chi connectivity index (χ3n) is 5.81. The van der Waals surface area contributed by atoms with Crippen molar-refractivity contribution in [3.8, 4) is 11.5 Å². The van der Waals surface area contributed by atoms with Gasteiger partial charge in [0.05, 0.1) is 20.1 Å². The molecule has 30 heavy (non-hydrogen) atoms. The van der Waals surface area contributed by atoms with E-state index in [0.717, 1.165) is 48.9 Å². The first kappa shape index (κ1) is 21.0. The van der Waals surface area contributed by atoms with Gasteiger partial charge in [-0.25, -0.2) is 0 Å². The standard InChI is InChI=1S/C23H29N3O3S/c1-28-18-8-5-6-16(12-18)15-30-23-24-20-10-11-26(14-19(20)22(27)25-23)13-17-7-3-4-9-21(17)29-2/h3-9,12,19-20,23-24H,10-11,13-15H2,1-2H3,(H,25,27). The molecule has 2 aliphatic heterocycles. The van der Waals surface area contributed by atoms with Crippen molar-refractivity contribution in [2.24, 2.45) is 5.92 Å². The molecule has 2 fully saturated rings. The van der Waals surface area contributed by atoms with Gasteiger partial charge in [0.15, 0.2) is 0 Å². The summed E-state index contributed by atoms with van der Waals surface area (Å²) in [6.07, 6.45) is 0.962. The fourth-order valence-electron chi connectivity index (χ4n) is 4.21. The summed E-state index contributed by atoms with van der Waals surface area (Å²) in [5, 5.41) is 6.79. The number of piperidine rings is 1. The van der Waals surface area contributed by atoms with Crippen LogP contribution in [0.2, 0.25) is 0 Å². The van der Waals surface area contributed by atoms with Crippen molar-refractivity contribution in [3.05, 3.63) is 59.7 Å². The first-order valence-electron chi connectivity index (χ1n) is 10.3. The number of carbonyl (C=O) groups excluding carboxylic acids is 1. The summed E-state index contributed by atoms with van der Waals surface area (Å²) in [5.74, 6) is 2.69. The summed E-state index contributed by atoms with van der Waals surface area (Å²) >= 11 is 1.71. The number of nitrogens with zero attached hydrogens (tertiary/aromatic N) is 1. The molecule has 0 aliphatic carbocycles. The first-order valence-corrected chi connectivity index (χ1v) is 11.4. The number of amides is 1. The lowest BCUT2D eigenvalue weighted by Crippen LogP contribution is -2.64. The maximum absolute atomic E-state index is 12.8. The summed E-state index contributed by atoms with van der Waals surface area (Å²) in [7, 11) is 3.38. The van der Waals surface area contributed by atoms with Gasteiger partial charge in [-0.1, -0.05) is 30.3 Å². The molecule has 160 valence electrons. The normalized spacial score (nSPS) is 24.1. The van der Waals surface area contributed by atoms with Gasteiger partial charge in [-0.2, -0.15) is 0 Å². The number of para-hydroxylation sites is 1. The quantitative estimate of drug-likeness (QED) is 0.709. The average molecular weight is 428 g/mol. The molecule has 2 aromatic carbocycles. The van der Waals surface area contributed by atoms with Crippen LogP contribution in [0.4, 0.5) is 0 Å². The molecular formula is C23H29N3O3S. The number of benzene rings is 2. The zero-order valence-electron chi connectivity index (χ0n) is 17.5. The van der Waals surface area contributed by atoms with Gasteiger partial charge in [-0.3, -0.25) is 15.0 Å². The molecule has 6 nitrogen and oxygen atoms in total. The van der Waals surface area contributed by atoms with E-state index < -0.39 is 0 Å². The van der Waals surface area contributed by atoms with Gasteiger partial charge in [0, 0.05) is 37.0 Å². The summed E-state index contributed by atoms with van der Waals surface area (Å²) < 4.78 is 10.8. The molecule has 2 saturated heterocycles. The van der Waals surface area contributed by atoms with Gasteiger partial charge in [0.25, 0.3) is 0 Å². The topological polar surface area (TPSA) is 62.8 Å². The largest absolute Gasteiger partial charge is 0.497 e. The lowest BCUT2D eigenvalue weighted by Gasteiger charge is -2.43. The summed E-state index contributed by atoms with van der Waals surface area (Å²) in [5.41, 5.74) is 2.28. The van der Waals surface area contributed by atoms with E-state index in [4.69, 9.17) is 9.47 Å². The number of fused-ring (bicyclic) bond motifs is 1. The number of nitrogens with one attached hydrogen (secondary N) is 2. The van der Waals surface area contributed by atoms with Gasteiger partial charge in [-0.15, -0.1) is 11.8 Å². The molecule has 4 rings (SSSR count). The van der Waals surface area contributed by atoms with E-state index >= 15 is 0 Å². The number of ether oxygens (including phenoxy) is 2. The van der Waals surface area contributed by atoms with E-state index in [0.29, 0.717) is 0 Å². The van der Waals surface area contributed by atoms with Crippen LogP contribution in [0.5, 0.6) is 11.5 Å². The number of methoxy groups -OCH3 is 2. The van der Waals surface area contributed by atoms with E-state index in [9.17, 15) is 4.79 Å². The molecule has 2 N–H and O–H groups in total. The SMILES string of the molecule is COc1cccc(CSC2NC(=O)C3CN(Cc4ccccc4OC)CCC3N2)c1. The molecule has 0 radical (unpaired) electrons. The van der Waals surface area contributed by atoms with Gasteiger partial charge >= 0.3 is 0 Å². The third-order valence-corrected chi connectivity index (χ3v) is 6.90. The molecule has 7 heteroatoms. The van der Waals surface area contributed by atoms with Crippen molar-refractivity contribution in [1.29, 1.82) is 0 Å². The molecule has 0 bridgehead atoms. The maximum Gasteiger partial charge on any atom is 0.227 e. The maximum atomic E-state index is 12.8. The van der Waals surface area contributed by atoms with Crippen LogP contribution < -0.4 is 20.1 Å². The van der Waals surface area contributed by atoms with Crippen LogP contribution >= 0.6 is 11.8 Å². The van der Waals surface area contributed by atoms with Gasteiger partial charge in [-0.05, 0) is 30.2 Å². The Hall–Kier alpha value is -2.22. The molecular weight excluding hydrogens is 398 g/mol. The van der Waals surface area contributed by atoms with Crippen molar-refractivity contribution >= 4 is 17.7 Å². The molecule has 0 saturated carbocycles. The van der Waals surface area contributed by atoms with Crippen molar-refractivity contribution in [1.82, 2.24) is 15.5 Å². The van der Waals surface area contributed by atoms with Crippen LogP contribution in [0.25, 0.3) is 0 Å². The zero-order chi connectivity index (χ0) is 20.9. The highest BCUT2D eigenvalue weighted by molar-refractivity contribution is 7.99. The highest BCUT2D eigenvalue weighted by atomic mass is 32.2. The Morgan fingerprint density at radius 3 is 2.83 bits per heavy atom. The second-order valence-electron chi connectivity index (χ2n) is 7.77. The Bertz CT molecular complexity index is 878. The Balaban J connectivity index is 1.32. The molecule has 0 aromatic heterocycles. The number of likely N-dealkylation sites (tertiary alicyclic amines) is 1. The van der Waals surface area contributed by atoms with Crippen molar-refractivity contribution in [3.63, 3.8) is 0 Å². The summed E-state index contributed by atoms with van der Waals surface area (Å²) in [4.78, 5) is 15.2. The smallest absolute Gasteiger partial charge is 0.227 e. The van der Waals surface area contributed by atoms with Crippen molar-refractivity contribution < 1.29 is 14.3 Å². The van der Waals surface area contributed by atoms with Crippen LogP contribution in [0.1, 0.15) is 17.5 Å². The fourth-order valence-corrected chi connectivity index (χ4v) is 5.22. The lowest BCUT2D eigenvalue weighted by atomic mass is 9.89. The van der Waals surface area contributed by atoms with Crippen molar-refractivity contribution in [2.75, 3.05) is 27.3 Å². The van der Waals surface area contributed by atoms with E-state index in [2.05, 4.69) is 27.7 Å². The number of rotatable bonds is 7. The molecule has 0 spiro atoms. The van der Waals surface area contributed by atoms with Gasteiger partial charge < -0.3 is 14.8 Å². The predicted molar refractivity (Wildman–Crippen MR) is 120 cm³/mol. The number of hydrogen-bond acceptors (Lipinski definition) is 6. The highest BCUT2D eigenvalue weighted by Gasteiger charge is 2.39. The zero-order valence-corrected chi connectivity index (χ0v) is 18.3. The minimum Gasteiger partial charge on any atom is -0.497 e. The van der Waals surface area contributed by atoms with Crippen LogP contribution in [0, 0.1) is 5.92 Å². The second-order valence-corrected chi connectivity index (χ2v) is 8.86. The van der Waals surface area contributed by atoms with Crippen LogP contribution in [-0.2, 0) is 17.1 Å². The van der Waals surface area contributed by atoms with E-state index in [-0.39, 0.29) is 23.4 Å². The summed E-state index contributed by atoms with van der Waals surface area (Å²) in [6, 6.07) is 16.4. The molecule has 3 atom stereocenters. The fraction of sp³-hybridized carbons (Fsp3) is 0.435. The highest BCUT2D eigenvalue weighted by Crippen LogP contribution is 2.28. The number of hydrogen-bond donors (Lipinski definition) is 2. The van der Waals surface area contributed by atoms with E-state index in [1.807, 2.05) is 36.4 Å². The Morgan fingerprint density at radius 2 is 2.00 bits per heavy atom. The predicted octanol–water partition coefficient (Wildman–Crippen LogP) is 2.83. The Morgan fingerprint density at radius 1 is 1.13 bits per heavy atom. The van der Waals surface area contributed by atoms with Gasteiger partial charge in [0.1, 0.15) is 17.0 Å². The molecule has 2 aromatic rings. The van der Waals surface area contributed by atoms with Crippen LogP contribution in [0.3, 0.4) is 0 Å². The number of carbonyl (C=O) groups is 1. The van der Waals surface area contributed by atoms with E-state index in [1.165, 1.54) is 5.56 Å². The molecule has 2 heterocycles. The Labute approximate surface area is 182 Å². The minimum absolute atomic E-state index is 0.0258. The Kier molecular flexibility index (Phi) is 6.82. The lowest BCUT2D eigenvalue weighted by molar-refractivity contribution is -0.130. The van der Waals surface area contributed by atoms with Gasteiger partial charge in [0.2, 0.25) is 5.91 Å². The third kappa shape index (κ3) is 4.91. The van der Waals surface area contributed by atoms with Crippen LogP contribution in [0.15, 0.2) is 48.5 Å². The number of thioether (sulfide) groups is 1. The minimum atomic E-state index is -0.0641. The molecule has 1 amide bonds. The summed E-state index contributed by atoms with van der Waals surface area (Å²) in [6.45, 7) is 2.52. The monoisotopic (exact) mass is 427 g/mol. The second kappa shape index (κ2) is 9.73.